The maximum atomic E-state index is 6.16. The molecular weight excluding hydrogens is 192 g/mol. The first-order chi connectivity index (χ1) is 6.51. The molecule has 3 heteroatoms. The lowest BCUT2D eigenvalue weighted by Crippen LogP contribution is -2.44. The molecule has 0 aliphatic carbocycles. The van der Waals surface area contributed by atoms with Crippen LogP contribution in [0.3, 0.4) is 0 Å². The van der Waals surface area contributed by atoms with E-state index in [4.69, 9.17) is 9.16 Å². The average molecular weight is 218 g/mol. The van der Waals surface area contributed by atoms with E-state index in [1.807, 2.05) is 0 Å². The number of ether oxygens (including phenoxy) is 1. The minimum absolute atomic E-state index is 0.685. The first kappa shape index (κ1) is 14.1. The van der Waals surface area contributed by atoms with Crippen LogP contribution >= 0.6 is 0 Å². The third kappa shape index (κ3) is 3.37. The molecule has 86 valence electrons. The van der Waals surface area contributed by atoms with Crippen molar-refractivity contribution >= 4 is 8.32 Å². The van der Waals surface area contributed by atoms with Crippen molar-refractivity contribution in [1.82, 2.24) is 0 Å². The van der Waals surface area contributed by atoms with Gasteiger partial charge in [0.1, 0.15) is 0 Å². The van der Waals surface area contributed by atoms with Gasteiger partial charge in [0.2, 0.25) is 0 Å². The van der Waals surface area contributed by atoms with E-state index in [0.717, 1.165) is 6.61 Å². The molecule has 0 aliphatic rings. The molecule has 0 fully saturated rings. The molecule has 0 spiro atoms. The molecule has 0 saturated heterocycles. The second kappa shape index (κ2) is 6.59. The van der Waals surface area contributed by atoms with Crippen molar-refractivity contribution < 1.29 is 9.16 Å². The molecule has 0 saturated carbocycles. The Bertz CT molecular complexity index is 138. The maximum Gasteiger partial charge on any atom is 0.197 e. The second-order valence-corrected chi connectivity index (χ2v) is 9.67. The number of rotatable bonds is 7. The van der Waals surface area contributed by atoms with Gasteiger partial charge in [-0.15, -0.1) is 0 Å². The van der Waals surface area contributed by atoms with Crippen LogP contribution in [0.25, 0.3) is 0 Å². The lowest BCUT2D eigenvalue weighted by atomic mass is 10.5. The lowest BCUT2D eigenvalue weighted by molar-refractivity contribution is 0.138. The summed E-state index contributed by atoms with van der Waals surface area (Å²) in [5, 5.41) is 0. The zero-order chi connectivity index (χ0) is 11.2. The number of methoxy groups -OCH3 is 1. The zero-order valence-electron chi connectivity index (χ0n) is 10.6. The normalized spacial score (nSPS) is 12.9. The standard InChI is InChI=1S/C11H26O2Si/c1-7-14(10(2)3,11(4)5)13-9-8-12-6/h10-11H,7-9H2,1-6H3. The van der Waals surface area contributed by atoms with Crippen molar-refractivity contribution in [1.29, 1.82) is 0 Å². The van der Waals surface area contributed by atoms with Crippen LogP contribution in [0.2, 0.25) is 17.1 Å². The summed E-state index contributed by atoms with van der Waals surface area (Å²) in [5.41, 5.74) is 1.37. The van der Waals surface area contributed by atoms with Crippen LogP contribution in [-0.4, -0.2) is 28.6 Å². The highest BCUT2D eigenvalue weighted by molar-refractivity contribution is 6.76. The van der Waals surface area contributed by atoms with E-state index >= 15 is 0 Å². The summed E-state index contributed by atoms with van der Waals surface area (Å²) >= 11 is 0. The van der Waals surface area contributed by atoms with Crippen LogP contribution in [0.1, 0.15) is 34.6 Å². The van der Waals surface area contributed by atoms with Gasteiger partial charge in [0.25, 0.3) is 0 Å². The predicted molar refractivity (Wildman–Crippen MR) is 64.3 cm³/mol. The van der Waals surface area contributed by atoms with Gasteiger partial charge in [-0.25, -0.2) is 0 Å². The van der Waals surface area contributed by atoms with Gasteiger partial charge in [0.15, 0.2) is 8.32 Å². The first-order valence-electron chi connectivity index (χ1n) is 5.64. The van der Waals surface area contributed by atoms with Gasteiger partial charge in [0, 0.05) is 7.11 Å². The molecule has 0 atom stereocenters. The molecule has 14 heavy (non-hydrogen) atoms. The smallest absolute Gasteiger partial charge is 0.197 e. The minimum atomic E-state index is -1.54. The highest BCUT2D eigenvalue weighted by Crippen LogP contribution is 2.36. The summed E-state index contributed by atoms with van der Waals surface area (Å²) < 4.78 is 11.2. The van der Waals surface area contributed by atoms with Crippen molar-refractivity contribution in [2.45, 2.75) is 51.7 Å². The Morgan fingerprint density at radius 2 is 1.50 bits per heavy atom. The molecule has 0 unspecified atom stereocenters. The highest BCUT2D eigenvalue weighted by Gasteiger charge is 2.39. The Morgan fingerprint density at radius 3 is 1.79 bits per heavy atom. The van der Waals surface area contributed by atoms with Gasteiger partial charge in [-0.3, -0.25) is 0 Å². The minimum Gasteiger partial charge on any atom is -0.414 e. The summed E-state index contributed by atoms with van der Waals surface area (Å²) in [4.78, 5) is 0. The van der Waals surface area contributed by atoms with Crippen molar-refractivity contribution in [2.75, 3.05) is 20.3 Å². The fraction of sp³-hybridized carbons (Fsp3) is 1.00. The molecule has 0 radical (unpaired) electrons. The second-order valence-electron chi connectivity index (χ2n) is 4.46. The molecule has 0 aromatic heterocycles. The van der Waals surface area contributed by atoms with E-state index in [9.17, 15) is 0 Å². The highest BCUT2D eigenvalue weighted by atomic mass is 28.4. The van der Waals surface area contributed by atoms with E-state index in [-0.39, 0.29) is 0 Å². The van der Waals surface area contributed by atoms with Crippen LogP contribution in [0.5, 0.6) is 0 Å². The van der Waals surface area contributed by atoms with Crippen LogP contribution in [-0.2, 0) is 9.16 Å². The van der Waals surface area contributed by atoms with Crippen LogP contribution in [0, 0.1) is 0 Å². The zero-order valence-corrected chi connectivity index (χ0v) is 11.6. The molecule has 0 aromatic rings. The van der Waals surface area contributed by atoms with Gasteiger partial charge >= 0.3 is 0 Å². The number of hydrogen-bond acceptors (Lipinski definition) is 2. The average Bonchev–Trinajstić information content (AvgIpc) is 2.11. The van der Waals surface area contributed by atoms with Crippen molar-refractivity contribution in [3.05, 3.63) is 0 Å². The van der Waals surface area contributed by atoms with E-state index < -0.39 is 8.32 Å². The molecular formula is C11H26O2Si. The van der Waals surface area contributed by atoms with Gasteiger partial charge in [0.05, 0.1) is 13.2 Å². The lowest BCUT2D eigenvalue weighted by Gasteiger charge is -2.37. The topological polar surface area (TPSA) is 18.5 Å². The van der Waals surface area contributed by atoms with Crippen LogP contribution < -0.4 is 0 Å². The summed E-state index contributed by atoms with van der Waals surface area (Å²) in [6, 6.07) is 1.20. The Labute approximate surface area is 90.1 Å². The Hall–Kier alpha value is 0.137. The third-order valence-corrected chi connectivity index (χ3v) is 8.92. The van der Waals surface area contributed by atoms with E-state index in [2.05, 4.69) is 34.6 Å². The Balaban J connectivity index is 4.35. The molecule has 0 rings (SSSR count). The van der Waals surface area contributed by atoms with E-state index in [1.54, 1.807) is 7.11 Å². The predicted octanol–water partition coefficient (Wildman–Crippen LogP) is 3.43. The van der Waals surface area contributed by atoms with Crippen LogP contribution in [0.4, 0.5) is 0 Å². The summed E-state index contributed by atoms with van der Waals surface area (Å²) in [6.45, 7) is 12.9. The fourth-order valence-electron chi connectivity index (χ4n) is 2.23. The Morgan fingerprint density at radius 1 is 1.00 bits per heavy atom. The molecule has 2 nitrogen and oxygen atoms in total. The summed E-state index contributed by atoms with van der Waals surface area (Å²) in [6.07, 6.45) is 0. The monoisotopic (exact) mass is 218 g/mol. The third-order valence-electron chi connectivity index (χ3n) is 3.17. The molecule has 0 bridgehead atoms. The SMILES string of the molecule is CC[Si](OCCOC)(C(C)C)C(C)C. The largest absolute Gasteiger partial charge is 0.414 e. The van der Waals surface area contributed by atoms with Gasteiger partial charge < -0.3 is 9.16 Å². The van der Waals surface area contributed by atoms with Gasteiger partial charge in [-0.05, 0) is 17.1 Å². The van der Waals surface area contributed by atoms with Crippen molar-refractivity contribution in [3.63, 3.8) is 0 Å². The first-order valence-corrected chi connectivity index (χ1v) is 7.91. The van der Waals surface area contributed by atoms with E-state index in [0.29, 0.717) is 17.7 Å². The maximum absolute atomic E-state index is 6.16. The molecule has 0 aliphatic heterocycles. The Kier molecular flexibility index (Phi) is 6.65. The number of hydrogen-bond donors (Lipinski definition) is 0. The van der Waals surface area contributed by atoms with Gasteiger partial charge in [-0.2, -0.15) is 0 Å². The molecule has 0 heterocycles. The fourth-order valence-corrected chi connectivity index (χ4v) is 6.53. The summed E-state index contributed by atoms with van der Waals surface area (Å²) in [7, 11) is 0.184. The summed E-state index contributed by atoms with van der Waals surface area (Å²) in [5.74, 6) is 0. The van der Waals surface area contributed by atoms with Gasteiger partial charge in [-0.1, -0.05) is 34.6 Å². The van der Waals surface area contributed by atoms with Crippen LogP contribution in [0.15, 0.2) is 0 Å². The van der Waals surface area contributed by atoms with Crippen molar-refractivity contribution in [2.24, 2.45) is 0 Å². The molecule has 0 amide bonds. The van der Waals surface area contributed by atoms with E-state index in [1.165, 1.54) is 6.04 Å². The molecule has 0 N–H and O–H groups in total. The van der Waals surface area contributed by atoms with Crippen molar-refractivity contribution in [3.8, 4) is 0 Å². The molecule has 0 aromatic carbocycles. The quantitative estimate of drug-likeness (QED) is 0.481.